The molecule has 1 aliphatic rings. The highest BCUT2D eigenvalue weighted by atomic mass is 16.5. The van der Waals surface area contributed by atoms with Gasteiger partial charge in [0.1, 0.15) is 29.4 Å². The molecule has 8 nitrogen and oxygen atoms in total. The first-order valence-corrected chi connectivity index (χ1v) is 11.5. The predicted molar refractivity (Wildman–Crippen MR) is 135 cm³/mol. The van der Waals surface area contributed by atoms with Crippen molar-refractivity contribution in [1.29, 1.82) is 5.26 Å². The van der Waals surface area contributed by atoms with Gasteiger partial charge in [-0.15, -0.1) is 10.2 Å². The number of anilines is 2. The van der Waals surface area contributed by atoms with Crippen LogP contribution in [0.1, 0.15) is 22.9 Å². The number of ether oxygens (including phenoxy) is 2. The number of nitrogens with zero attached hydrogens (tertiary/aromatic N) is 6. The summed E-state index contributed by atoms with van der Waals surface area (Å²) in [5.74, 6) is 2.53. The summed E-state index contributed by atoms with van der Waals surface area (Å²) < 4.78 is 11.3. The highest BCUT2D eigenvalue weighted by Gasteiger charge is 2.25. The molecule has 2 aromatic heterocycles. The number of nitriles is 1. The second-order valence-electron chi connectivity index (χ2n) is 8.34. The van der Waals surface area contributed by atoms with Crippen molar-refractivity contribution in [2.75, 3.05) is 50.2 Å². The molecule has 2 aromatic carbocycles. The molecule has 176 valence electrons. The number of pyridine rings is 1. The van der Waals surface area contributed by atoms with Crippen LogP contribution in [0.25, 0.3) is 10.8 Å². The molecular weight excluding hydrogens is 440 g/mol. The van der Waals surface area contributed by atoms with Crippen LogP contribution in [0.4, 0.5) is 11.6 Å². The van der Waals surface area contributed by atoms with Gasteiger partial charge < -0.3 is 19.3 Å². The van der Waals surface area contributed by atoms with Gasteiger partial charge in [-0.1, -0.05) is 36.4 Å². The number of hydrogen-bond donors (Lipinski definition) is 0. The van der Waals surface area contributed by atoms with Gasteiger partial charge in [-0.2, -0.15) is 5.26 Å². The summed E-state index contributed by atoms with van der Waals surface area (Å²) in [7, 11) is 3.34. The Bertz CT molecular complexity index is 1360. The maximum atomic E-state index is 9.01. The van der Waals surface area contributed by atoms with Crippen molar-refractivity contribution in [2.24, 2.45) is 0 Å². The lowest BCUT2D eigenvalue weighted by atomic mass is 10.0. The Morgan fingerprint density at radius 2 is 1.66 bits per heavy atom. The SMILES string of the molecule is COc1cccc(C(OC)c2nnc(N3CCN(c4ccc(C#N)cn4)CC3)c3ccccc23)c1. The molecule has 0 saturated carbocycles. The van der Waals surface area contributed by atoms with E-state index in [2.05, 4.69) is 43.2 Å². The van der Waals surface area contributed by atoms with Gasteiger partial charge in [0.25, 0.3) is 0 Å². The third-order valence-electron chi connectivity index (χ3n) is 6.36. The second kappa shape index (κ2) is 9.95. The van der Waals surface area contributed by atoms with Crippen LogP contribution in [-0.2, 0) is 4.74 Å². The molecule has 5 rings (SSSR count). The van der Waals surface area contributed by atoms with Crippen LogP contribution < -0.4 is 14.5 Å². The van der Waals surface area contributed by atoms with Crippen molar-refractivity contribution < 1.29 is 9.47 Å². The minimum absolute atomic E-state index is 0.365. The molecular formula is C27H26N6O2. The molecule has 0 bridgehead atoms. The van der Waals surface area contributed by atoms with E-state index in [1.165, 1.54) is 0 Å². The van der Waals surface area contributed by atoms with Gasteiger partial charge in [0, 0.05) is 50.3 Å². The van der Waals surface area contributed by atoms with Crippen molar-refractivity contribution in [3.8, 4) is 11.8 Å². The number of hydrogen-bond acceptors (Lipinski definition) is 8. The number of benzene rings is 2. The predicted octanol–water partition coefficient (Wildman–Crippen LogP) is 3.97. The fourth-order valence-corrected chi connectivity index (χ4v) is 4.53. The Morgan fingerprint density at radius 3 is 2.34 bits per heavy atom. The Kier molecular flexibility index (Phi) is 6.42. The summed E-state index contributed by atoms with van der Waals surface area (Å²) >= 11 is 0. The van der Waals surface area contributed by atoms with Crippen molar-refractivity contribution in [3.63, 3.8) is 0 Å². The van der Waals surface area contributed by atoms with E-state index in [0.717, 1.165) is 65.6 Å². The molecule has 0 radical (unpaired) electrons. The van der Waals surface area contributed by atoms with Gasteiger partial charge in [0.15, 0.2) is 5.82 Å². The van der Waals surface area contributed by atoms with E-state index in [1.54, 1.807) is 26.5 Å². The van der Waals surface area contributed by atoms with E-state index < -0.39 is 0 Å². The van der Waals surface area contributed by atoms with Crippen LogP contribution in [-0.4, -0.2) is 55.6 Å². The molecule has 0 N–H and O–H groups in total. The van der Waals surface area contributed by atoms with E-state index in [-0.39, 0.29) is 6.10 Å². The smallest absolute Gasteiger partial charge is 0.159 e. The third kappa shape index (κ3) is 4.46. The van der Waals surface area contributed by atoms with Gasteiger partial charge in [0.05, 0.1) is 12.7 Å². The first-order chi connectivity index (χ1) is 17.2. The Hall–Kier alpha value is -4.22. The van der Waals surface area contributed by atoms with Crippen LogP contribution in [0, 0.1) is 11.3 Å². The van der Waals surface area contributed by atoms with Gasteiger partial charge in [-0.25, -0.2) is 4.98 Å². The molecule has 35 heavy (non-hydrogen) atoms. The summed E-state index contributed by atoms with van der Waals surface area (Å²) in [6.45, 7) is 3.20. The lowest BCUT2D eigenvalue weighted by molar-refractivity contribution is 0.133. The summed E-state index contributed by atoms with van der Waals surface area (Å²) in [4.78, 5) is 8.93. The molecule has 3 heterocycles. The number of methoxy groups -OCH3 is 2. The zero-order valence-electron chi connectivity index (χ0n) is 19.8. The summed E-state index contributed by atoms with van der Waals surface area (Å²) in [5.41, 5.74) is 2.31. The monoisotopic (exact) mass is 466 g/mol. The fraction of sp³-hybridized carbons (Fsp3) is 0.259. The van der Waals surface area contributed by atoms with Gasteiger partial charge in [-0.3, -0.25) is 0 Å². The Labute approximate surface area is 204 Å². The molecule has 1 atom stereocenters. The quantitative estimate of drug-likeness (QED) is 0.422. The number of piperazine rings is 1. The highest BCUT2D eigenvalue weighted by Crippen LogP contribution is 2.34. The molecule has 1 aliphatic heterocycles. The average Bonchev–Trinajstić information content (AvgIpc) is 2.94. The van der Waals surface area contributed by atoms with Crippen molar-refractivity contribution >= 4 is 22.4 Å². The van der Waals surface area contributed by atoms with E-state index in [9.17, 15) is 0 Å². The lowest BCUT2D eigenvalue weighted by Crippen LogP contribution is -2.47. The van der Waals surface area contributed by atoms with Gasteiger partial charge in [-0.05, 0) is 29.8 Å². The number of rotatable bonds is 6. The fourth-order valence-electron chi connectivity index (χ4n) is 4.53. The molecule has 8 heteroatoms. The molecule has 1 saturated heterocycles. The minimum Gasteiger partial charge on any atom is -0.497 e. The van der Waals surface area contributed by atoms with E-state index in [4.69, 9.17) is 14.7 Å². The van der Waals surface area contributed by atoms with Crippen LogP contribution in [0.2, 0.25) is 0 Å². The maximum absolute atomic E-state index is 9.01. The van der Waals surface area contributed by atoms with Crippen LogP contribution in [0.15, 0.2) is 66.9 Å². The largest absolute Gasteiger partial charge is 0.497 e. The van der Waals surface area contributed by atoms with Gasteiger partial charge in [0.2, 0.25) is 0 Å². The van der Waals surface area contributed by atoms with Crippen LogP contribution in [0.3, 0.4) is 0 Å². The zero-order valence-corrected chi connectivity index (χ0v) is 19.8. The Morgan fingerprint density at radius 1 is 0.886 bits per heavy atom. The molecule has 1 unspecified atom stereocenters. The first-order valence-electron chi connectivity index (χ1n) is 11.5. The van der Waals surface area contributed by atoms with Crippen molar-refractivity contribution in [2.45, 2.75) is 6.10 Å². The molecule has 4 aromatic rings. The summed E-state index contributed by atoms with van der Waals surface area (Å²) in [5, 5.41) is 20.4. The van der Waals surface area contributed by atoms with E-state index >= 15 is 0 Å². The van der Waals surface area contributed by atoms with E-state index in [1.807, 2.05) is 42.5 Å². The van der Waals surface area contributed by atoms with E-state index in [0.29, 0.717) is 5.56 Å². The highest BCUT2D eigenvalue weighted by molar-refractivity contribution is 5.94. The van der Waals surface area contributed by atoms with Crippen LogP contribution in [0.5, 0.6) is 5.75 Å². The molecule has 0 spiro atoms. The molecule has 1 fully saturated rings. The molecule has 0 amide bonds. The topological polar surface area (TPSA) is 87.4 Å². The van der Waals surface area contributed by atoms with Crippen molar-refractivity contribution in [1.82, 2.24) is 15.2 Å². The first kappa shape index (κ1) is 22.6. The summed E-state index contributed by atoms with van der Waals surface area (Å²) in [6.07, 6.45) is 1.25. The minimum atomic E-state index is -0.365. The zero-order chi connectivity index (χ0) is 24.2. The second-order valence-corrected chi connectivity index (χ2v) is 8.34. The van der Waals surface area contributed by atoms with Crippen LogP contribution >= 0.6 is 0 Å². The van der Waals surface area contributed by atoms with Crippen molar-refractivity contribution in [3.05, 3.63) is 83.7 Å². The number of aromatic nitrogens is 3. The Balaban J connectivity index is 1.42. The summed E-state index contributed by atoms with van der Waals surface area (Å²) in [6, 6.07) is 21.9. The number of fused-ring (bicyclic) bond motifs is 1. The van der Waals surface area contributed by atoms with Gasteiger partial charge >= 0.3 is 0 Å². The standard InChI is InChI=1S/C27H26N6O2/c1-34-21-7-5-6-20(16-21)26(35-2)25-22-8-3-4-9-23(22)27(31-30-25)33-14-12-32(13-15-33)24-11-10-19(17-28)18-29-24/h3-11,16,18,26H,12-15H2,1-2H3. The maximum Gasteiger partial charge on any atom is 0.159 e. The third-order valence-corrected chi connectivity index (χ3v) is 6.36. The lowest BCUT2D eigenvalue weighted by Gasteiger charge is -2.36. The normalized spacial score (nSPS) is 14.5. The average molecular weight is 467 g/mol. The molecule has 0 aliphatic carbocycles.